The van der Waals surface area contributed by atoms with Gasteiger partial charge in [0.25, 0.3) is 5.91 Å². The summed E-state index contributed by atoms with van der Waals surface area (Å²) in [5, 5.41) is 0.472. The van der Waals surface area contributed by atoms with Crippen LogP contribution in [-0.4, -0.2) is 55.2 Å². The molecule has 1 saturated heterocycles. The summed E-state index contributed by atoms with van der Waals surface area (Å²) in [4.78, 5) is 21.3. The zero-order valence-electron chi connectivity index (χ0n) is 15.5. The number of carbonyl (C=O) groups excluding carboxylic acids is 1. The Labute approximate surface area is 186 Å². The van der Waals surface area contributed by atoms with Crippen molar-refractivity contribution in [3.05, 3.63) is 46.6 Å². The number of carbonyl (C=O) groups is 1. The molecule has 0 spiro atoms. The maximum atomic E-state index is 14.1. The second kappa shape index (κ2) is 9.99. The lowest BCUT2D eigenvalue weighted by Gasteiger charge is -2.27. The lowest BCUT2D eigenvalue weighted by Crippen LogP contribution is -2.39. The number of rotatable bonds is 6. The van der Waals surface area contributed by atoms with E-state index in [-0.39, 0.29) is 35.4 Å². The van der Waals surface area contributed by atoms with Crippen molar-refractivity contribution >= 4 is 60.9 Å². The number of fused-ring (bicyclic) bond motifs is 1. The van der Waals surface area contributed by atoms with Crippen LogP contribution >= 0.6 is 39.7 Å². The summed E-state index contributed by atoms with van der Waals surface area (Å²) in [6.45, 7) is 4.58. The van der Waals surface area contributed by atoms with Gasteiger partial charge >= 0.3 is 0 Å². The number of halogens is 3. The van der Waals surface area contributed by atoms with Crippen LogP contribution < -0.4 is 4.90 Å². The van der Waals surface area contributed by atoms with Gasteiger partial charge in [-0.2, -0.15) is 0 Å². The Balaban J connectivity index is 0.00000240. The molecule has 1 aromatic carbocycles. The molecule has 0 aliphatic carbocycles. The van der Waals surface area contributed by atoms with Crippen LogP contribution in [0.3, 0.4) is 0 Å². The van der Waals surface area contributed by atoms with E-state index in [1.54, 1.807) is 29.2 Å². The van der Waals surface area contributed by atoms with Crippen LogP contribution in [-0.2, 0) is 4.74 Å². The second-order valence-corrected chi connectivity index (χ2v) is 8.24. The Bertz CT molecular complexity index is 977. The minimum atomic E-state index is -0.388. The number of aromatic nitrogens is 1. The molecule has 10 heteroatoms. The van der Waals surface area contributed by atoms with Crippen molar-refractivity contribution in [1.82, 2.24) is 9.88 Å². The molecule has 6 nitrogen and oxygen atoms in total. The van der Waals surface area contributed by atoms with Crippen molar-refractivity contribution in [1.29, 1.82) is 0 Å². The summed E-state index contributed by atoms with van der Waals surface area (Å²) >= 11 is 4.53. The SMILES string of the molecule is Cl.O=C(c1ccc(Br)o1)N(CCCN1CCOCC1)c1nc2c(F)cccc2s1. The van der Waals surface area contributed by atoms with Crippen LogP contribution in [0.2, 0.25) is 0 Å². The number of morpholine rings is 1. The van der Waals surface area contributed by atoms with E-state index in [9.17, 15) is 9.18 Å². The number of hydrogen-bond acceptors (Lipinski definition) is 6. The molecule has 0 radical (unpaired) electrons. The number of benzene rings is 1. The predicted octanol–water partition coefficient (Wildman–Crippen LogP) is 4.58. The number of thiazole rings is 1. The van der Waals surface area contributed by atoms with Gasteiger partial charge in [0.15, 0.2) is 15.6 Å². The van der Waals surface area contributed by atoms with Crippen LogP contribution in [0.25, 0.3) is 10.2 Å². The number of para-hydroxylation sites is 1. The van der Waals surface area contributed by atoms with E-state index in [1.807, 2.05) is 0 Å². The van der Waals surface area contributed by atoms with Crippen molar-refractivity contribution < 1.29 is 18.3 Å². The van der Waals surface area contributed by atoms with Crippen LogP contribution in [0, 0.1) is 5.82 Å². The molecule has 1 amide bonds. The van der Waals surface area contributed by atoms with Crippen LogP contribution in [0.1, 0.15) is 17.0 Å². The topological polar surface area (TPSA) is 58.8 Å². The van der Waals surface area contributed by atoms with Gasteiger partial charge in [0.1, 0.15) is 11.3 Å². The highest BCUT2D eigenvalue weighted by atomic mass is 79.9. The van der Waals surface area contributed by atoms with Gasteiger partial charge in [0.2, 0.25) is 0 Å². The highest BCUT2D eigenvalue weighted by Crippen LogP contribution is 2.31. The van der Waals surface area contributed by atoms with E-state index in [0.717, 1.165) is 39.3 Å². The number of ether oxygens (including phenoxy) is 1. The van der Waals surface area contributed by atoms with Crippen molar-refractivity contribution in [2.75, 3.05) is 44.3 Å². The van der Waals surface area contributed by atoms with Gasteiger partial charge in [-0.25, -0.2) is 9.37 Å². The highest BCUT2D eigenvalue weighted by molar-refractivity contribution is 9.10. The summed E-state index contributed by atoms with van der Waals surface area (Å²) in [7, 11) is 0. The third-order valence-corrected chi connectivity index (χ3v) is 6.05. The van der Waals surface area contributed by atoms with Crippen molar-refractivity contribution in [2.24, 2.45) is 0 Å². The van der Waals surface area contributed by atoms with Crippen molar-refractivity contribution in [2.45, 2.75) is 6.42 Å². The Morgan fingerprint density at radius 1 is 1.28 bits per heavy atom. The molecule has 1 aliphatic rings. The monoisotopic (exact) mass is 503 g/mol. The van der Waals surface area contributed by atoms with Crippen LogP contribution in [0.15, 0.2) is 39.4 Å². The molecule has 0 bridgehead atoms. The van der Waals surface area contributed by atoms with Gasteiger partial charge in [0, 0.05) is 26.2 Å². The zero-order valence-corrected chi connectivity index (χ0v) is 18.7. The fourth-order valence-corrected chi connectivity index (χ4v) is 4.45. The first-order valence-electron chi connectivity index (χ1n) is 9.04. The maximum Gasteiger partial charge on any atom is 0.295 e. The van der Waals surface area contributed by atoms with Crippen LogP contribution in [0.4, 0.5) is 9.52 Å². The van der Waals surface area contributed by atoms with Crippen LogP contribution in [0.5, 0.6) is 0 Å². The smallest absolute Gasteiger partial charge is 0.295 e. The van der Waals surface area contributed by atoms with E-state index in [1.165, 1.54) is 17.4 Å². The van der Waals surface area contributed by atoms with Gasteiger partial charge in [-0.15, -0.1) is 12.4 Å². The normalized spacial score (nSPS) is 14.7. The number of nitrogens with zero attached hydrogens (tertiary/aromatic N) is 3. The molecule has 3 aromatic rings. The van der Waals surface area contributed by atoms with Gasteiger partial charge < -0.3 is 9.15 Å². The molecule has 0 atom stereocenters. The predicted molar refractivity (Wildman–Crippen MR) is 117 cm³/mol. The largest absolute Gasteiger partial charge is 0.444 e. The number of anilines is 1. The lowest BCUT2D eigenvalue weighted by atomic mass is 10.3. The van der Waals surface area contributed by atoms with Crippen molar-refractivity contribution in [3.8, 4) is 0 Å². The van der Waals surface area contributed by atoms with E-state index >= 15 is 0 Å². The average Bonchev–Trinajstić information content (AvgIpc) is 3.33. The maximum absolute atomic E-state index is 14.1. The molecule has 29 heavy (non-hydrogen) atoms. The molecular weight excluding hydrogens is 485 g/mol. The number of amides is 1. The average molecular weight is 505 g/mol. The number of furan rings is 1. The fraction of sp³-hybridized carbons (Fsp3) is 0.368. The first-order chi connectivity index (χ1) is 13.6. The van der Waals surface area contributed by atoms with Crippen molar-refractivity contribution in [3.63, 3.8) is 0 Å². The summed E-state index contributed by atoms with van der Waals surface area (Å²) in [5.74, 6) is -0.452. The first kappa shape index (κ1) is 22.2. The quantitative estimate of drug-likeness (QED) is 0.492. The molecule has 2 aromatic heterocycles. The van der Waals surface area contributed by atoms with E-state index in [0.29, 0.717) is 21.0 Å². The zero-order chi connectivity index (χ0) is 19.5. The summed E-state index contributed by atoms with van der Waals surface area (Å²) < 4.78 is 26.1. The van der Waals surface area contributed by atoms with E-state index < -0.39 is 0 Å². The minimum Gasteiger partial charge on any atom is -0.444 e. The molecule has 156 valence electrons. The van der Waals surface area contributed by atoms with Gasteiger partial charge in [-0.05, 0) is 46.6 Å². The Morgan fingerprint density at radius 3 is 2.76 bits per heavy atom. The third kappa shape index (κ3) is 5.16. The van der Waals surface area contributed by atoms with Gasteiger partial charge in [0.05, 0.1) is 17.9 Å². The lowest BCUT2D eigenvalue weighted by molar-refractivity contribution is 0.0376. The van der Waals surface area contributed by atoms with Gasteiger partial charge in [-0.1, -0.05) is 17.4 Å². The second-order valence-electron chi connectivity index (χ2n) is 6.45. The third-order valence-electron chi connectivity index (χ3n) is 4.58. The molecule has 0 N–H and O–H groups in total. The molecule has 3 heterocycles. The molecule has 1 aliphatic heterocycles. The summed E-state index contributed by atoms with van der Waals surface area (Å²) in [5.41, 5.74) is 0.286. The molecule has 1 fully saturated rings. The molecule has 0 saturated carbocycles. The number of hydrogen-bond donors (Lipinski definition) is 0. The first-order valence-corrected chi connectivity index (χ1v) is 10.6. The Morgan fingerprint density at radius 2 is 2.07 bits per heavy atom. The Kier molecular flexibility index (Phi) is 7.64. The Hall–Kier alpha value is -1.52. The highest BCUT2D eigenvalue weighted by Gasteiger charge is 2.24. The fourth-order valence-electron chi connectivity index (χ4n) is 3.14. The molecular formula is C19H20BrClFN3O3S. The van der Waals surface area contributed by atoms with E-state index in [2.05, 4.69) is 25.8 Å². The molecule has 0 unspecified atom stereocenters. The molecule has 4 rings (SSSR count). The minimum absolute atomic E-state index is 0. The summed E-state index contributed by atoms with van der Waals surface area (Å²) in [6, 6.07) is 8.12. The van der Waals surface area contributed by atoms with E-state index in [4.69, 9.17) is 9.15 Å². The summed E-state index contributed by atoms with van der Waals surface area (Å²) in [6.07, 6.45) is 0.770. The van der Waals surface area contributed by atoms with Gasteiger partial charge in [-0.3, -0.25) is 14.6 Å². The standard InChI is InChI=1S/C19H19BrFN3O3S.ClH/c20-16-6-5-14(27-16)18(25)24(8-2-7-23-9-11-26-12-10-23)19-22-17-13(21)3-1-4-15(17)28-19;/h1,3-6H,2,7-12H2;1H.